The normalized spacial score (nSPS) is 22.0. The molecular weight excluding hydrogens is 484 g/mol. The molecule has 10 heteroatoms. The van der Waals surface area contributed by atoms with E-state index < -0.39 is 0 Å². The van der Waals surface area contributed by atoms with Gasteiger partial charge in [0, 0.05) is 50.0 Å². The molecule has 4 bridgehead atoms. The standard InChI is InChI=1S/C28H38N6O4/c1-4-34-19(2)23-16-21(25(36-3)17-30-23)24-18-33-12-11-29-26(33)27(31-24)38-13-7-5-6-8-22(32-28(34)35)20-9-14-37-15-10-20/h11-12,16-20,22H,4-10,13-15H2,1-3H3,(H,32,35)/t19-,22?/m1/s1. The molecule has 3 aromatic heterocycles. The van der Waals surface area contributed by atoms with E-state index in [0.29, 0.717) is 42.0 Å². The lowest BCUT2D eigenvalue weighted by Gasteiger charge is -2.35. The van der Waals surface area contributed by atoms with Gasteiger partial charge < -0.3 is 28.8 Å². The Morgan fingerprint density at radius 2 is 1.97 bits per heavy atom. The van der Waals surface area contributed by atoms with Gasteiger partial charge in [0.15, 0.2) is 0 Å². The maximum absolute atomic E-state index is 13.6. The lowest BCUT2D eigenvalue weighted by Crippen LogP contribution is -2.49. The van der Waals surface area contributed by atoms with Crippen LogP contribution in [0.4, 0.5) is 4.79 Å². The molecule has 3 aromatic rings. The molecule has 2 amide bonds. The van der Waals surface area contributed by atoms with Crippen LogP contribution in [-0.2, 0) is 4.74 Å². The molecule has 5 heterocycles. The molecule has 1 N–H and O–H groups in total. The van der Waals surface area contributed by atoms with E-state index in [0.717, 1.165) is 63.0 Å². The zero-order chi connectivity index (χ0) is 26.5. The van der Waals surface area contributed by atoms with Gasteiger partial charge in [-0.2, -0.15) is 0 Å². The Morgan fingerprint density at radius 1 is 1.13 bits per heavy atom. The number of methoxy groups -OCH3 is 1. The predicted octanol–water partition coefficient (Wildman–Crippen LogP) is 4.64. The average molecular weight is 523 g/mol. The molecule has 2 aliphatic heterocycles. The highest BCUT2D eigenvalue weighted by atomic mass is 16.5. The molecule has 1 unspecified atom stereocenters. The van der Waals surface area contributed by atoms with E-state index in [2.05, 4.69) is 15.3 Å². The van der Waals surface area contributed by atoms with Gasteiger partial charge in [0.25, 0.3) is 5.88 Å². The number of nitrogens with zero attached hydrogens (tertiary/aromatic N) is 5. The molecule has 38 heavy (non-hydrogen) atoms. The summed E-state index contributed by atoms with van der Waals surface area (Å²) >= 11 is 0. The highest BCUT2D eigenvalue weighted by molar-refractivity contribution is 5.75. The van der Waals surface area contributed by atoms with Crippen molar-refractivity contribution >= 4 is 11.7 Å². The number of urea groups is 1. The number of amides is 2. The van der Waals surface area contributed by atoms with Crippen molar-refractivity contribution in [1.29, 1.82) is 0 Å². The quantitative estimate of drug-likeness (QED) is 0.534. The van der Waals surface area contributed by atoms with Gasteiger partial charge in [-0.15, -0.1) is 0 Å². The van der Waals surface area contributed by atoms with Crippen LogP contribution in [0.3, 0.4) is 0 Å². The zero-order valence-electron chi connectivity index (χ0n) is 22.6. The number of hydrogen-bond acceptors (Lipinski definition) is 7. The van der Waals surface area contributed by atoms with Crippen molar-refractivity contribution in [2.24, 2.45) is 5.92 Å². The summed E-state index contributed by atoms with van der Waals surface area (Å²) in [5.41, 5.74) is 2.92. The fraction of sp³-hybridized carbons (Fsp3) is 0.571. The summed E-state index contributed by atoms with van der Waals surface area (Å²) in [6.07, 6.45) is 13.0. The van der Waals surface area contributed by atoms with Crippen LogP contribution in [-0.4, -0.2) is 69.8 Å². The zero-order valence-corrected chi connectivity index (χ0v) is 22.6. The molecule has 0 spiro atoms. The lowest BCUT2D eigenvalue weighted by molar-refractivity contribution is 0.0521. The van der Waals surface area contributed by atoms with E-state index in [9.17, 15) is 4.79 Å². The largest absolute Gasteiger partial charge is 0.494 e. The topological polar surface area (TPSA) is 103 Å². The maximum atomic E-state index is 13.6. The molecule has 1 saturated heterocycles. The average Bonchev–Trinajstić information content (AvgIpc) is 3.43. The van der Waals surface area contributed by atoms with Gasteiger partial charge >= 0.3 is 6.03 Å². The van der Waals surface area contributed by atoms with Gasteiger partial charge in [0.05, 0.1) is 37.3 Å². The number of aromatic nitrogens is 4. The van der Waals surface area contributed by atoms with Crippen LogP contribution < -0.4 is 14.8 Å². The predicted molar refractivity (Wildman–Crippen MR) is 143 cm³/mol. The molecular formula is C28H38N6O4. The summed E-state index contributed by atoms with van der Waals surface area (Å²) in [7, 11) is 1.62. The third kappa shape index (κ3) is 5.55. The van der Waals surface area contributed by atoms with Crippen LogP contribution in [0.2, 0.25) is 0 Å². The van der Waals surface area contributed by atoms with Gasteiger partial charge in [-0.3, -0.25) is 4.98 Å². The van der Waals surface area contributed by atoms with Crippen LogP contribution in [0.25, 0.3) is 16.9 Å². The second-order valence-corrected chi connectivity index (χ2v) is 10.1. The SMILES string of the molecule is CCN1C(=O)NC(C2CCOCC2)CCCCCOc2nc(cn3ccnc23)-c2cc(ncc2OC)[C@H]1C. The Bertz CT molecular complexity index is 1240. The van der Waals surface area contributed by atoms with Gasteiger partial charge in [-0.1, -0.05) is 6.42 Å². The van der Waals surface area contributed by atoms with Gasteiger partial charge in [0.1, 0.15) is 5.75 Å². The Morgan fingerprint density at radius 3 is 2.76 bits per heavy atom. The summed E-state index contributed by atoms with van der Waals surface area (Å²) in [6.45, 7) is 6.64. The fourth-order valence-electron chi connectivity index (χ4n) is 5.53. The van der Waals surface area contributed by atoms with Crippen LogP contribution in [0.5, 0.6) is 11.6 Å². The summed E-state index contributed by atoms with van der Waals surface area (Å²) in [5, 5.41) is 3.39. The number of ether oxygens (including phenoxy) is 3. The summed E-state index contributed by atoms with van der Waals surface area (Å²) in [6, 6.07) is 1.78. The van der Waals surface area contributed by atoms with E-state index in [4.69, 9.17) is 19.2 Å². The molecule has 5 rings (SSSR count). The number of fused-ring (bicyclic) bond motifs is 7. The van der Waals surface area contributed by atoms with Gasteiger partial charge in [-0.05, 0) is 57.9 Å². The molecule has 1 fully saturated rings. The number of rotatable bonds is 3. The Hall–Kier alpha value is -3.40. The Balaban J connectivity index is 1.53. The molecule has 10 nitrogen and oxygen atoms in total. The minimum atomic E-state index is -0.247. The second kappa shape index (κ2) is 12.0. The third-order valence-corrected chi connectivity index (χ3v) is 7.77. The third-order valence-electron chi connectivity index (χ3n) is 7.77. The van der Waals surface area contributed by atoms with Crippen LogP contribution in [0.1, 0.15) is 64.1 Å². The van der Waals surface area contributed by atoms with E-state index in [1.165, 1.54) is 0 Å². The number of hydrogen-bond donors (Lipinski definition) is 1. The molecule has 0 aliphatic carbocycles. The summed E-state index contributed by atoms with van der Waals surface area (Å²) in [4.78, 5) is 29.4. The lowest BCUT2D eigenvalue weighted by atomic mass is 9.88. The van der Waals surface area contributed by atoms with Crippen molar-refractivity contribution in [2.75, 3.05) is 33.5 Å². The molecule has 2 atom stereocenters. The number of imidazole rings is 1. The summed E-state index contributed by atoms with van der Waals surface area (Å²) in [5.74, 6) is 1.52. The van der Waals surface area contributed by atoms with E-state index in [1.807, 2.05) is 41.6 Å². The number of carbonyl (C=O) groups excluding carboxylic acids is 1. The van der Waals surface area contributed by atoms with Crippen molar-refractivity contribution < 1.29 is 19.0 Å². The monoisotopic (exact) mass is 522 g/mol. The van der Waals surface area contributed by atoms with Crippen molar-refractivity contribution in [3.8, 4) is 22.9 Å². The van der Waals surface area contributed by atoms with Crippen molar-refractivity contribution in [1.82, 2.24) is 29.6 Å². The molecule has 2 aliphatic rings. The van der Waals surface area contributed by atoms with Crippen LogP contribution in [0, 0.1) is 5.92 Å². The minimum Gasteiger partial charge on any atom is -0.494 e. The number of carbonyl (C=O) groups is 1. The van der Waals surface area contributed by atoms with Gasteiger partial charge in [-0.25, -0.2) is 14.8 Å². The maximum Gasteiger partial charge on any atom is 0.318 e. The number of pyridine rings is 1. The van der Waals surface area contributed by atoms with E-state index in [1.54, 1.807) is 19.5 Å². The smallest absolute Gasteiger partial charge is 0.318 e. The molecule has 0 radical (unpaired) electrons. The second-order valence-electron chi connectivity index (χ2n) is 10.1. The highest BCUT2D eigenvalue weighted by Crippen LogP contribution is 2.33. The van der Waals surface area contributed by atoms with Crippen LogP contribution in [0.15, 0.2) is 30.9 Å². The Labute approximate surface area is 223 Å². The Kier molecular flexibility index (Phi) is 8.26. The van der Waals surface area contributed by atoms with Crippen LogP contribution >= 0.6 is 0 Å². The molecule has 0 saturated carbocycles. The first-order valence-corrected chi connectivity index (χ1v) is 13.7. The van der Waals surface area contributed by atoms with Crippen molar-refractivity contribution in [2.45, 2.75) is 64.5 Å². The van der Waals surface area contributed by atoms with Crippen molar-refractivity contribution in [3.63, 3.8) is 0 Å². The highest BCUT2D eigenvalue weighted by Gasteiger charge is 2.29. The fourth-order valence-corrected chi connectivity index (χ4v) is 5.53. The first-order valence-electron chi connectivity index (χ1n) is 13.7. The molecule has 0 aromatic carbocycles. The van der Waals surface area contributed by atoms with E-state index in [-0.39, 0.29) is 18.1 Å². The number of nitrogens with one attached hydrogen (secondary N) is 1. The first kappa shape index (κ1) is 26.2. The van der Waals surface area contributed by atoms with Crippen molar-refractivity contribution in [3.05, 3.63) is 36.5 Å². The van der Waals surface area contributed by atoms with Gasteiger partial charge in [0.2, 0.25) is 5.65 Å². The first-order chi connectivity index (χ1) is 18.6. The summed E-state index contributed by atoms with van der Waals surface area (Å²) < 4.78 is 19.3. The minimum absolute atomic E-state index is 0.0523. The van der Waals surface area contributed by atoms with E-state index >= 15 is 0 Å². The molecule has 204 valence electrons.